The van der Waals surface area contributed by atoms with Crippen molar-refractivity contribution >= 4 is 19.8 Å². The summed E-state index contributed by atoms with van der Waals surface area (Å²) in [6.07, 6.45) is 54.4. The van der Waals surface area contributed by atoms with Gasteiger partial charge in [0.1, 0.15) is 6.61 Å². The van der Waals surface area contributed by atoms with Crippen LogP contribution in [-0.2, 0) is 32.7 Å². The van der Waals surface area contributed by atoms with Crippen molar-refractivity contribution in [1.82, 2.24) is 0 Å². The van der Waals surface area contributed by atoms with Crippen molar-refractivity contribution in [2.45, 2.75) is 141 Å². The summed E-state index contributed by atoms with van der Waals surface area (Å²) in [6.45, 7) is 1.52. The van der Waals surface area contributed by atoms with Gasteiger partial charge in [0, 0.05) is 26.0 Å². The van der Waals surface area contributed by atoms with E-state index in [4.69, 9.17) is 29.4 Å². The molecule has 4 N–H and O–H groups in total. The number of unbranched alkanes of at least 4 members (excludes halogenated alkanes) is 7. The maximum Gasteiger partial charge on any atom is 0.472 e. The van der Waals surface area contributed by atoms with Gasteiger partial charge in [-0.1, -0.05) is 136 Å². The second-order valence-electron chi connectivity index (χ2n) is 13.6. The molecule has 0 heterocycles. The first kappa shape index (κ1) is 54.6. The molecule has 0 bridgehead atoms. The predicted molar refractivity (Wildman–Crippen MR) is 239 cm³/mol. The van der Waals surface area contributed by atoms with E-state index in [-0.39, 0.29) is 39.2 Å². The predicted octanol–water partition coefficient (Wildman–Crippen LogP) is 11.4. The smallest absolute Gasteiger partial charge is 0.462 e. The average Bonchev–Trinajstić information content (AvgIpc) is 3.21. The Bertz CT molecular complexity index is 1310. The quantitative estimate of drug-likeness (QED) is 0.0236. The number of phosphoric acid groups is 1. The van der Waals surface area contributed by atoms with Gasteiger partial charge in [-0.3, -0.25) is 18.6 Å². The van der Waals surface area contributed by atoms with Gasteiger partial charge >= 0.3 is 19.8 Å². The summed E-state index contributed by atoms with van der Waals surface area (Å²) >= 11 is 0. The van der Waals surface area contributed by atoms with Crippen molar-refractivity contribution in [1.29, 1.82) is 0 Å². The summed E-state index contributed by atoms with van der Waals surface area (Å²) in [4.78, 5) is 34.8. The number of aliphatic hydroxyl groups is 1. The molecule has 11 heteroatoms. The summed E-state index contributed by atoms with van der Waals surface area (Å²) in [6, 6.07) is 0. The number of ether oxygens (including phenoxy) is 2. The van der Waals surface area contributed by atoms with Gasteiger partial charge in [0.2, 0.25) is 0 Å². The van der Waals surface area contributed by atoms with Gasteiger partial charge < -0.3 is 25.2 Å². The maximum atomic E-state index is 12.6. The van der Waals surface area contributed by atoms with E-state index in [9.17, 15) is 19.0 Å². The first-order chi connectivity index (χ1) is 28.3. The van der Waals surface area contributed by atoms with Gasteiger partial charge in [-0.2, -0.15) is 0 Å². The maximum absolute atomic E-state index is 12.6. The SMILES string of the molecule is CCCCC/C=C\C/C=C\C/C=C\C/C=C\C/C=C\CCC(=O)OC[C@H](COP(=O)(O)OCCN)OC(=O)CCC/C=C\C/C=C\C/C=C\C/C=C\CCCCCO. The summed E-state index contributed by atoms with van der Waals surface area (Å²) in [5.41, 5.74) is 5.33. The first-order valence-electron chi connectivity index (χ1n) is 21.5. The molecule has 10 nitrogen and oxygen atoms in total. The highest BCUT2D eigenvalue weighted by Gasteiger charge is 2.25. The molecule has 0 aromatic heterocycles. The van der Waals surface area contributed by atoms with E-state index < -0.39 is 32.5 Å². The molecular weight excluding hydrogens is 753 g/mol. The molecule has 328 valence electrons. The van der Waals surface area contributed by atoms with E-state index in [0.717, 1.165) is 70.6 Å². The summed E-state index contributed by atoms with van der Waals surface area (Å²) in [5, 5.41) is 8.79. The fraction of sp³-hybridized carbons (Fsp3) is 0.574. The third kappa shape index (κ3) is 42.2. The Labute approximate surface area is 351 Å². The van der Waals surface area contributed by atoms with Gasteiger partial charge in [0.25, 0.3) is 0 Å². The lowest BCUT2D eigenvalue weighted by atomic mass is 10.2. The van der Waals surface area contributed by atoms with E-state index >= 15 is 0 Å². The molecule has 0 aliphatic heterocycles. The minimum atomic E-state index is -4.42. The van der Waals surface area contributed by atoms with Crippen molar-refractivity contribution in [2.24, 2.45) is 5.73 Å². The topological polar surface area (TPSA) is 155 Å². The number of allylic oxidation sites excluding steroid dienone is 18. The molecular formula is C47H76NO9P. The molecule has 0 rings (SSSR count). The zero-order chi connectivity index (χ0) is 42.5. The largest absolute Gasteiger partial charge is 0.472 e. The highest BCUT2D eigenvalue weighted by Crippen LogP contribution is 2.43. The van der Waals surface area contributed by atoms with E-state index in [2.05, 4.69) is 92.0 Å². The number of hydrogen-bond acceptors (Lipinski definition) is 9. The molecule has 0 aliphatic rings. The molecule has 0 amide bonds. The average molecular weight is 830 g/mol. The standard InChI is InChI=1S/C47H76NO9P/c1-2-3-4-5-6-7-8-9-10-11-12-14-17-20-23-26-29-32-35-38-46(50)54-43-45(44-56-58(52,53)55-42-40-48)57-47(51)39-36-33-30-27-24-21-18-15-13-16-19-22-25-28-31-34-37-41-49/h6-7,9-10,12-14,16,18,20-23,25,27,29-30,32,45,49H,2-5,8,11,15,17,19,24,26,28,31,33-44,48H2,1H3,(H,52,53)/b7-6-,10-9-,14-12-,16-13-,21-18-,23-20-,25-22-,30-27-,32-29-/t45-/m1/s1. The minimum Gasteiger partial charge on any atom is -0.462 e. The fourth-order valence-electron chi connectivity index (χ4n) is 5.00. The highest BCUT2D eigenvalue weighted by molar-refractivity contribution is 7.47. The third-order valence-corrected chi connectivity index (χ3v) is 9.18. The molecule has 58 heavy (non-hydrogen) atoms. The van der Waals surface area contributed by atoms with Crippen molar-refractivity contribution in [2.75, 3.05) is 33.0 Å². The van der Waals surface area contributed by atoms with Crippen LogP contribution in [0.2, 0.25) is 0 Å². The van der Waals surface area contributed by atoms with Crippen LogP contribution >= 0.6 is 7.82 Å². The second kappa shape index (κ2) is 43.2. The number of carbonyl (C=O) groups excluding carboxylic acids is 2. The van der Waals surface area contributed by atoms with E-state index in [1.165, 1.54) is 25.7 Å². The van der Waals surface area contributed by atoms with Gasteiger partial charge in [-0.25, -0.2) is 4.57 Å². The molecule has 0 saturated carbocycles. The zero-order valence-electron chi connectivity index (χ0n) is 35.4. The first-order valence-corrected chi connectivity index (χ1v) is 23.0. The van der Waals surface area contributed by atoms with Crippen LogP contribution in [0, 0.1) is 0 Å². The molecule has 0 radical (unpaired) electrons. The van der Waals surface area contributed by atoms with E-state index in [1.807, 2.05) is 24.3 Å². The summed E-state index contributed by atoms with van der Waals surface area (Å²) in [5.74, 6) is -1.02. The number of hydrogen-bond donors (Lipinski definition) is 3. The van der Waals surface area contributed by atoms with Crippen molar-refractivity contribution in [3.63, 3.8) is 0 Å². The lowest BCUT2D eigenvalue weighted by molar-refractivity contribution is -0.161. The normalized spacial score (nSPS) is 14.3. The molecule has 2 atom stereocenters. The summed E-state index contributed by atoms with van der Waals surface area (Å²) in [7, 11) is -4.42. The monoisotopic (exact) mass is 830 g/mol. The Morgan fingerprint density at radius 3 is 1.47 bits per heavy atom. The minimum absolute atomic E-state index is 0.0244. The van der Waals surface area contributed by atoms with Crippen LogP contribution in [0.4, 0.5) is 0 Å². The Hall–Kier alpha value is -3.37. The Morgan fingerprint density at radius 1 is 0.552 bits per heavy atom. The van der Waals surface area contributed by atoms with Crippen molar-refractivity contribution < 1.29 is 42.7 Å². The molecule has 0 aliphatic carbocycles. The molecule has 0 aromatic rings. The van der Waals surface area contributed by atoms with Gasteiger partial charge in [0.05, 0.1) is 13.2 Å². The number of carbonyl (C=O) groups is 2. The van der Waals surface area contributed by atoms with Crippen LogP contribution < -0.4 is 5.73 Å². The van der Waals surface area contributed by atoms with Crippen LogP contribution in [0.3, 0.4) is 0 Å². The number of esters is 2. The van der Waals surface area contributed by atoms with Crippen molar-refractivity contribution in [3.05, 3.63) is 109 Å². The highest BCUT2D eigenvalue weighted by atomic mass is 31.2. The van der Waals surface area contributed by atoms with Gasteiger partial charge in [0.15, 0.2) is 6.10 Å². The third-order valence-electron chi connectivity index (χ3n) is 8.20. The van der Waals surface area contributed by atoms with E-state index in [0.29, 0.717) is 19.3 Å². The fourth-order valence-corrected chi connectivity index (χ4v) is 5.76. The van der Waals surface area contributed by atoms with Gasteiger partial charge in [-0.15, -0.1) is 0 Å². The lowest BCUT2D eigenvalue weighted by Gasteiger charge is -2.19. The number of aliphatic hydroxyl groups excluding tert-OH is 1. The van der Waals surface area contributed by atoms with Crippen molar-refractivity contribution in [3.8, 4) is 0 Å². The lowest BCUT2D eigenvalue weighted by Crippen LogP contribution is -2.29. The Balaban J connectivity index is 4.40. The number of nitrogens with two attached hydrogens (primary N) is 1. The Morgan fingerprint density at radius 2 is 1.00 bits per heavy atom. The Kier molecular flexibility index (Phi) is 40.7. The number of phosphoric ester groups is 1. The molecule has 0 aromatic carbocycles. The second-order valence-corrected chi connectivity index (χ2v) is 15.0. The molecule has 0 saturated heterocycles. The molecule has 1 unspecified atom stereocenters. The van der Waals surface area contributed by atoms with Crippen LogP contribution in [0.25, 0.3) is 0 Å². The summed E-state index contributed by atoms with van der Waals surface area (Å²) < 4.78 is 32.6. The van der Waals surface area contributed by atoms with Crippen LogP contribution in [0.5, 0.6) is 0 Å². The van der Waals surface area contributed by atoms with Crippen LogP contribution in [0.1, 0.15) is 135 Å². The van der Waals surface area contributed by atoms with Crippen LogP contribution in [-0.4, -0.2) is 61.0 Å². The molecule has 0 spiro atoms. The molecule has 0 fully saturated rings. The van der Waals surface area contributed by atoms with Crippen LogP contribution in [0.15, 0.2) is 109 Å². The number of rotatable bonds is 39. The zero-order valence-corrected chi connectivity index (χ0v) is 36.3. The van der Waals surface area contributed by atoms with E-state index in [1.54, 1.807) is 0 Å². The van der Waals surface area contributed by atoms with Gasteiger partial charge in [-0.05, 0) is 96.3 Å².